The number of aromatic nitrogens is 1. The lowest BCUT2D eigenvalue weighted by molar-refractivity contribution is -0.120. The molecule has 0 aliphatic carbocycles. The van der Waals surface area contributed by atoms with Gasteiger partial charge < -0.3 is 9.84 Å². The maximum atomic E-state index is 12.8. The fraction of sp³-hybridized carbons (Fsp3) is 0.412. The van der Waals surface area contributed by atoms with E-state index in [1.807, 2.05) is 0 Å². The second-order valence-corrected chi connectivity index (χ2v) is 8.64. The molecule has 1 aromatic carbocycles. The van der Waals surface area contributed by atoms with Crippen molar-refractivity contribution in [3.05, 3.63) is 40.7 Å². The van der Waals surface area contributed by atoms with Crippen LogP contribution in [0.25, 0.3) is 0 Å². The molecule has 0 bridgehead atoms. The lowest BCUT2D eigenvalue weighted by Gasteiger charge is -2.30. The number of nitrogens with zero attached hydrogens (tertiary/aromatic N) is 2. The molecular weight excluding hydrogens is 378 g/mol. The Morgan fingerprint density at radius 1 is 1.23 bits per heavy atom. The summed E-state index contributed by atoms with van der Waals surface area (Å²) < 4.78 is 32.0. The molecule has 1 aliphatic heterocycles. The average Bonchev–Trinajstić information content (AvgIpc) is 2.96. The van der Waals surface area contributed by atoms with E-state index in [4.69, 9.17) is 16.1 Å². The van der Waals surface area contributed by atoms with Gasteiger partial charge in [0.1, 0.15) is 10.6 Å². The van der Waals surface area contributed by atoms with Crippen molar-refractivity contribution in [1.29, 1.82) is 0 Å². The third-order valence-electron chi connectivity index (χ3n) is 4.50. The normalized spacial score (nSPS) is 16.6. The number of benzene rings is 1. The number of carbonyl (C=O) groups excluding carboxylic acids is 1. The fourth-order valence-electron chi connectivity index (χ4n) is 3.11. The van der Waals surface area contributed by atoms with E-state index in [1.165, 1.54) is 4.31 Å². The quantitative estimate of drug-likeness (QED) is 0.856. The van der Waals surface area contributed by atoms with E-state index >= 15 is 0 Å². The number of rotatable bonds is 4. The van der Waals surface area contributed by atoms with Gasteiger partial charge in [-0.1, -0.05) is 16.8 Å². The molecule has 0 spiro atoms. The molecule has 1 fully saturated rings. The minimum Gasteiger partial charge on any atom is -0.360 e. The molecule has 0 radical (unpaired) electrons. The molecule has 7 nitrogen and oxygen atoms in total. The highest BCUT2D eigenvalue weighted by atomic mass is 35.5. The topological polar surface area (TPSA) is 92.5 Å². The standard InChI is InChI=1S/C17H20ClN3O4S/c1-11-16(12(2)25-20-11)26(23,24)21-9-7-13(8-10-21)17(22)19-15-5-3-14(18)4-6-15/h3-6,13H,7-10H2,1-2H3,(H,19,22). The average molecular weight is 398 g/mol. The van der Waals surface area contributed by atoms with E-state index in [0.29, 0.717) is 29.2 Å². The number of hydrogen-bond acceptors (Lipinski definition) is 5. The first kappa shape index (κ1) is 18.9. The summed E-state index contributed by atoms with van der Waals surface area (Å²) >= 11 is 5.83. The first-order valence-electron chi connectivity index (χ1n) is 8.28. The number of piperidine rings is 1. The van der Waals surface area contributed by atoms with Crippen LogP contribution in [-0.4, -0.2) is 36.9 Å². The van der Waals surface area contributed by atoms with E-state index in [1.54, 1.807) is 38.1 Å². The molecule has 1 N–H and O–H groups in total. The molecule has 0 unspecified atom stereocenters. The van der Waals surface area contributed by atoms with E-state index in [9.17, 15) is 13.2 Å². The van der Waals surface area contributed by atoms with E-state index in [0.717, 1.165) is 0 Å². The molecule has 1 aromatic heterocycles. The van der Waals surface area contributed by atoms with Crippen LogP contribution in [-0.2, 0) is 14.8 Å². The highest BCUT2D eigenvalue weighted by Crippen LogP contribution is 2.28. The summed E-state index contributed by atoms with van der Waals surface area (Å²) in [4.78, 5) is 12.5. The number of carbonyl (C=O) groups is 1. The molecule has 1 amide bonds. The van der Waals surface area contributed by atoms with E-state index in [2.05, 4.69) is 10.5 Å². The van der Waals surface area contributed by atoms with Gasteiger partial charge in [0.2, 0.25) is 15.9 Å². The van der Waals surface area contributed by atoms with Gasteiger partial charge in [-0.15, -0.1) is 0 Å². The van der Waals surface area contributed by atoms with Gasteiger partial charge in [0.25, 0.3) is 0 Å². The molecule has 0 saturated carbocycles. The predicted molar refractivity (Wildman–Crippen MR) is 97.5 cm³/mol. The maximum absolute atomic E-state index is 12.8. The smallest absolute Gasteiger partial charge is 0.248 e. The van der Waals surface area contributed by atoms with Crippen LogP contribution in [0.1, 0.15) is 24.3 Å². The summed E-state index contributed by atoms with van der Waals surface area (Å²) in [5.41, 5.74) is 1.02. The van der Waals surface area contributed by atoms with Gasteiger partial charge in [0.15, 0.2) is 5.76 Å². The van der Waals surface area contributed by atoms with Crippen molar-refractivity contribution < 1.29 is 17.7 Å². The largest absolute Gasteiger partial charge is 0.360 e. The Balaban J connectivity index is 1.63. The van der Waals surface area contributed by atoms with Crippen molar-refractivity contribution in [2.45, 2.75) is 31.6 Å². The second-order valence-electron chi connectivity index (χ2n) is 6.33. The van der Waals surface area contributed by atoms with E-state index < -0.39 is 10.0 Å². The Labute approximate surface area is 157 Å². The summed E-state index contributed by atoms with van der Waals surface area (Å²) in [5.74, 6) is -0.0615. The van der Waals surface area contributed by atoms with Crippen molar-refractivity contribution in [2.24, 2.45) is 5.92 Å². The minimum absolute atomic E-state index is 0.110. The first-order chi connectivity index (χ1) is 12.3. The minimum atomic E-state index is -3.66. The number of aryl methyl sites for hydroxylation is 2. The first-order valence-corrected chi connectivity index (χ1v) is 10.1. The van der Waals surface area contributed by atoms with Crippen molar-refractivity contribution in [2.75, 3.05) is 18.4 Å². The van der Waals surface area contributed by atoms with Crippen molar-refractivity contribution in [3.63, 3.8) is 0 Å². The third kappa shape index (κ3) is 3.77. The van der Waals surface area contributed by atoms with Gasteiger partial charge >= 0.3 is 0 Å². The number of amides is 1. The van der Waals surface area contributed by atoms with Crippen LogP contribution in [0, 0.1) is 19.8 Å². The zero-order valence-electron chi connectivity index (χ0n) is 14.5. The molecule has 26 heavy (non-hydrogen) atoms. The van der Waals surface area contributed by atoms with Gasteiger partial charge in [-0.25, -0.2) is 8.42 Å². The van der Waals surface area contributed by atoms with Crippen LogP contribution in [0.15, 0.2) is 33.7 Å². The molecule has 9 heteroatoms. The third-order valence-corrected chi connectivity index (χ3v) is 6.90. The number of halogens is 1. The van der Waals surface area contributed by atoms with Crippen LogP contribution in [0.5, 0.6) is 0 Å². The van der Waals surface area contributed by atoms with Crippen LogP contribution in [0.3, 0.4) is 0 Å². The molecule has 2 heterocycles. The van der Waals surface area contributed by atoms with E-state index in [-0.39, 0.29) is 35.6 Å². The summed E-state index contributed by atoms with van der Waals surface area (Å²) in [6.07, 6.45) is 0.921. The van der Waals surface area contributed by atoms with Crippen molar-refractivity contribution >= 4 is 33.2 Å². The highest BCUT2D eigenvalue weighted by molar-refractivity contribution is 7.89. The van der Waals surface area contributed by atoms with Crippen LogP contribution in [0.2, 0.25) is 5.02 Å². The Kier molecular flexibility index (Phi) is 5.36. The zero-order valence-corrected chi connectivity index (χ0v) is 16.1. The Morgan fingerprint density at radius 2 is 1.85 bits per heavy atom. The molecule has 2 aromatic rings. The van der Waals surface area contributed by atoms with Gasteiger partial charge in [-0.3, -0.25) is 4.79 Å². The number of anilines is 1. The predicted octanol–water partition coefficient (Wildman–Crippen LogP) is 2.98. The summed E-state index contributed by atoms with van der Waals surface area (Å²) in [6, 6.07) is 6.88. The van der Waals surface area contributed by atoms with Gasteiger partial charge in [0, 0.05) is 29.7 Å². The second kappa shape index (κ2) is 7.38. The maximum Gasteiger partial charge on any atom is 0.248 e. The van der Waals surface area contributed by atoms with Gasteiger partial charge in [0.05, 0.1) is 0 Å². The summed E-state index contributed by atoms with van der Waals surface area (Å²) in [7, 11) is -3.66. The molecule has 0 atom stereocenters. The number of hydrogen-bond donors (Lipinski definition) is 1. The summed E-state index contributed by atoms with van der Waals surface area (Å²) in [6.45, 7) is 3.76. The highest BCUT2D eigenvalue weighted by Gasteiger charge is 2.35. The van der Waals surface area contributed by atoms with Crippen LogP contribution >= 0.6 is 11.6 Å². The Morgan fingerprint density at radius 3 is 2.38 bits per heavy atom. The van der Waals surface area contributed by atoms with Crippen molar-refractivity contribution in [1.82, 2.24) is 9.46 Å². The fourth-order valence-corrected chi connectivity index (χ4v) is 4.99. The van der Waals surface area contributed by atoms with Crippen LogP contribution in [0.4, 0.5) is 5.69 Å². The zero-order chi connectivity index (χ0) is 18.9. The Hall–Kier alpha value is -1.90. The van der Waals surface area contributed by atoms with Gasteiger partial charge in [-0.05, 0) is 51.0 Å². The van der Waals surface area contributed by atoms with Crippen LogP contribution < -0.4 is 5.32 Å². The molecule has 3 rings (SSSR count). The number of sulfonamides is 1. The van der Waals surface area contributed by atoms with Crippen molar-refractivity contribution in [3.8, 4) is 0 Å². The molecule has 1 saturated heterocycles. The lowest BCUT2D eigenvalue weighted by atomic mass is 9.97. The Bertz CT molecular complexity index is 881. The lowest BCUT2D eigenvalue weighted by Crippen LogP contribution is -2.41. The SMILES string of the molecule is Cc1noc(C)c1S(=O)(=O)N1CCC(C(=O)Nc2ccc(Cl)cc2)CC1. The molecule has 1 aliphatic rings. The molecular formula is C17H20ClN3O4S. The summed E-state index contributed by atoms with van der Waals surface area (Å²) in [5, 5.41) is 7.16. The van der Waals surface area contributed by atoms with Gasteiger partial charge in [-0.2, -0.15) is 4.31 Å². The monoisotopic (exact) mass is 397 g/mol. The number of nitrogens with one attached hydrogen (secondary N) is 1. The molecule has 140 valence electrons.